The number of carbonyl (C=O) groups is 1. The van der Waals surface area contributed by atoms with E-state index in [1.807, 2.05) is 0 Å². The number of hydrogen-bond donors (Lipinski definition) is 1. The smallest absolute Gasteiger partial charge is 0.380 e. The van der Waals surface area contributed by atoms with Crippen LogP contribution in [0.1, 0.15) is 35.7 Å². The molecule has 1 aromatic carbocycles. The SMILES string of the molecule is CN(C(=O)C1CCS(=O)(=O)CC1)[C@@H](c1ccc(NC2Cc3cc(F)cc(Cl)c3C2)cn1)C(F)(F)F. The van der Waals surface area contributed by atoms with E-state index < -0.39 is 39.7 Å². The minimum atomic E-state index is -4.78. The van der Waals surface area contributed by atoms with Crippen molar-refractivity contribution < 1.29 is 30.8 Å². The number of anilines is 1. The summed E-state index contributed by atoms with van der Waals surface area (Å²) in [5.74, 6) is -2.38. The summed E-state index contributed by atoms with van der Waals surface area (Å²) in [6.45, 7) is 0. The number of rotatable bonds is 5. The van der Waals surface area contributed by atoms with Gasteiger partial charge in [-0.15, -0.1) is 0 Å². The second-order valence-corrected chi connectivity index (χ2v) is 11.8. The Morgan fingerprint density at radius 3 is 2.49 bits per heavy atom. The van der Waals surface area contributed by atoms with Crippen LogP contribution in [0.25, 0.3) is 0 Å². The van der Waals surface area contributed by atoms with Crippen LogP contribution < -0.4 is 5.32 Å². The number of nitrogens with one attached hydrogen (secondary N) is 1. The number of alkyl halides is 3. The lowest BCUT2D eigenvalue weighted by atomic mass is 9.99. The molecular weight excluding hydrogens is 510 g/mol. The predicted molar refractivity (Wildman–Crippen MR) is 123 cm³/mol. The highest BCUT2D eigenvalue weighted by atomic mass is 35.5. The molecule has 2 aliphatic rings. The van der Waals surface area contributed by atoms with Crippen LogP contribution in [0.4, 0.5) is 23.2 Å². The molecule has 0 radical (unpaired) electrons. The van der Waals surface area contributed by atoms with E-state index in [0.717, 1.165) is 18.2 Å². The number of amides is 1. The fraction of sp³-hybridized carbons (Fsp3) is 0.478. The van der Waals surface area contributed by atoms with Crippen molar-refractivity contribution in [3.8, 4) is 0 Å². The van der Waals surface area contributed by atoms with Crippen molar-refractivity contribution in [3.63, 3.8) is 0 Å². The highest BCUT2D eigenvalue weighted by molar-refractivity contribution is 7.91. The number of sulfone groups is 1. The third-order valence-electron chi connectivity index (χ3n) is 6.56. The van der Waals surface area contributed by atoms with Crippen LogP contribution in [0.5, 0.6) is 0 Å². The fourth-order valence-corrected chi connectivity index (χ4v) is 6.57. The first-order valence-corrected chi connectivity index (χ1v) is 13.3. The van der Waals surface area contributed by atoms with E-state index in [1.54, 1.807) is 0 Å². The van der Waals surface area contributed by atoms with Gasteiger partial charge in [-0.25, -0.2) is 12.8 Å². The Labute approximate surface area is 205 Å². The molecule has 190 valence electrons. The van der Waals surface area contributed by atoms with E-state index in [2.05, 4.69) is 10.3 Å². The van der Waals surface area contributed by atoms with Crippen molar-refractivity contribution in [3.05, 3.63) is 58.1 Å². The molecule has 1 N–H and O–H groups in total. The average molecular weight is 534 g/mol. The van der Waals surface area contributed by atoms with E-state index in [9.17, 15) is 30.8 Å². The molecule has 6 nitrogen and oxygen atoms in total. The molecule has 2 atom stereocenters. The lowest BCUT2D eigenvalue weighted by Crippen LogP contribution is -2.44. The van der Waals surface area contributed by atoms with Gasteiger partial charge in [0.05, 0.1) is 29.1 Å². The molecule has 1 aliphatic heterocycles. The third kappa shape index (κ3) is 5.72. The summed E-state index contributed by atoms with van der Waals surface area (Å²) in [5.41, 5.74) is 1.76. The zero-order valence-electron chi connectivity index (χ0n) is 18.8. The largest absolute Gasteiger partial charge is 0.414 e. The highest BCUT2D eigenvalue weighted by Gasteiger charge is 2.47. The summed E-state index contributed by atoms with van der Waals surface area (Å²) < 4.78 is 78.7. The van der Waals surface area contributed by atoms with Gasteiger partial charge in [0.15, 0.2) is 6.04 Å². The van der Waals surface area contributed by atoms with Crippen LogP contribution >= 0.6 is 11.6 Å². The number of hydrogen-bond acceptors (Lipinski definition) is 5. The maximum atomic E-state index is 14.0. The topological polar surface area (TPSA) is 79.4 Å². The Morgan fingerprint density at radius 2 is 1.89 bits per heavy atom. The van der Waals surface area contributed by atoms with Gasteiger partial charge < -0.3 is 10.2 Å². The van der Waals surface area contributed by atoms with Crippen LogP contribution in [-0.2, 0) is 27.5 Å². The molecule has 0 bridgehead atoms. The van der Waals surface area contributed by atoms with Gasteiger partial charge in [-0.2, -0.15) is 13.2 Å². The van der Waals surface area contributed by atoms with Crippen LogP contribution in [0.3, 0.4) is 0 Å². The first-order chi connectivity index (χ1) is 16.3. The minimum Gasteiger partial charge on any atom is -0.380 e. The van der Waals surface area contributed by atoms with Crippen molar-refractivity contribution in [2.75, 3.05) is 23.9 Å². The first-order valence-electron chi connectivity index (χ1n) is 11.1. The number of carbonyl (C=O) groups excluding carboxylic acids is 1. The summed E-state index contributed by atoms with van der Waals surface area (Å²) in [6, 6.07) is 2.96. The molecule has 0 saturated carbocycles. The molecule has 35 heavy (non-hydrogen) atoms. The van der Waals surface area contributed by atoms with Crippen LogP contribution in [-0.4, -0.2) is 55.0 Å². The summed E-state index contributed by atoms with van der Waals surface area (Å²) in [6.07, 6.45) is -2.45. The number of benzene rings is 1. The molecule has 0 spiro atoms. The molecule has 1 unspecified atom stereocenters. The van der Waals surface area contributed by atoms with Crippen molar-refractivity contribution in [1.82, 2.24) is 9.88 Å². The molecule has 12 heteroatoms. The summed E-state index contributed by atoms with van der Waals surface area (Å²) in [4.78, 5) is 17.4. The molecular formula is C23H24ClF4N3O3S. The predicted octanol–water partition coefficient (Wildman–Crippen LogP) is 4.34. The van der Waals surface area contributed by atoms with Gasteiger partial charge in [0, 0.05) is 24.0 Å². The number of halogens is 5. The van der Waals surface area contributed by atoms with Gasteiger partial charge in [0.25, 0.3) is 0 Å². The lowest BCUT2D eigenvalue weighted by molar-refractivity contribution is -0.191. The molecule has 1 fully saturated rings. The van der Waals surface area contributed by atoms with Crippen LogP contribution in [0, 0.1) is 11.7 Å². The summed E-state index contributed by atoms with van der Waals surface area (Å²) in [7, 11) is -2.19. The second-order valence-electron chi connectivity index (χ2n) is 9.07. The van der Waals surface area contributed by atoms with Crippen molar-refractivity contribution >= 4 is 33.0 Å². The summed E-state index contributed by atoms with van der Waals surface area (Å²) >= 11 is 6.12. The van der Waals surface area contributed by atoms with Gasteiger partial charge in [0.1, 0.15) is 15.7 Å². The zero-order chi connectivity index (χ0) is 25.5. The standard InChI is InChI=1S/C23H24ClF4N3O3S/c1-31(22(32)13-4-6-35(33,34)7-5-13)21(23(26,27)28)20-3-2-16(12-29-20)30-17-9-14-8-15(25)10-19(24)18(14)11-17/h2-3,8,10,12-13,17,21,30H,4-7,9,11H2,1H3/t17?,21-/m0/s1. The normalized spacial score (nSPS) is 20.8. The van der Waals surface area contributed by atoms with E-state index in [4.69, 9.17) is 11.6 Å². The van der Waals surface area contributed by atoms with Gasteiger partial charge in [-0.1, -0.05) is 11.6 Å². The summed E-state index contributed by atoms with van der Waals surface area (Å²) in [5, 5.41) is 3.53. The lowest BCUT2D eigenvalue weighted by Gasteiger charge is -2.33. The average Bonchev–Trinajstić information content (AvgIpc) is 3.16. The van der Waals surface area contributed by atoms with Gasteiger partial charge in [-0.05, 0) is 61.1 Å². The van der Waals surface area contributed by atoms with E-state index in [0.29, 0.717) is 28.5 Å². The first kappa shape index (κ1) is 25.7. The molecule has 2 aromatic rings. The third-order valence-corrected chi connectivity index (χ3v) is 8.61. The van der Waals surface area contributed by atoms with Crippen LogP contribution in [0.2, 0.25) is 5.02 Å². The monoisotopic (exact) mass is 533 g/mol. The van der Waals surface area contributed by atoms with E-state index >= 15 is 0 Å². The number of nitrogens with zero attached hydrogens (tertiary/aromatic N) is 2. The zero-order valence-corrected chi connectivity index (χ0v) is 20.4. The molecule has 2 heterocycles. The maximum Gasteiger partial charge on any atom is 0.414 e. The minimum absolute atomic E-state index is 0.00403. The van der Waals surface area contributed by atoms with Gasteiger partial charge >= 0.3 is 6.18 Å². The maximum absolute atomic E-state index is 14.0. The van der Waals surface area contributed by atoms with Gasteiger partial charge in [-0.3, -0.25) is 9.78 Å². The van der Waals surface area contributed by atoms with E-state index in [1.165, 1.54) is 30.5 Å². The Bertz CT molecular complexity index is 1210. The number of pyridine rings is 1. The van der Waals surface area contributed by atoms with Crippen LogP contribution in [0.15, 0.2) is 30.5 Å². The molecule has 1 saturated heterocycles. The molecule has 1 amide bonds. The second kappa shape index (κ2) is 9.57. The van der Waals surface area contributed by atoms with Crippen molar-refractivity contribution in [2.45, 2.75) is 43.9 Å². The van der Waals surface area contributed by atoms with Gasteiger partial charge in [0.2, 0.25) is 5.91 Å². The quantitative estimate of drug-likeness (QED) is 0.578. The van der Waals surface area contributed by atoms with Crippen molar-refractivity contribution in [2.24, 2.45) is 5.92 Å². The highest BCUT2D eigenvalue weighted by Crippen LogP contribution is 2.38. The fourth-order valence-electron chi connectivity index (χ4n) is 4.78. The Kier molecular flexibility index (Phi) is 7.02. The van der Waals surface area contributed by atoms with E-state index in [-0.39, 0.29) is 36.1 Å². The Hall–Kier alpha value is -2.40. The molecule has 4 rings (SSSR count). The molecule has 1 aromatic heterocycles. The molecule has 1 aliphatic carbocycles. The Morgan fingerprint density at radius 1 is 1.20 bits per heavy atom. The number of aromatic nitrogens is 1. The number of fused-ring (bicyclic) bond motifs is 1. The Balaban J connectivity index is 1.46. The van der Waals surface area contributed by atoms with Crippen molar-refractivity contribution in [1.29, 1.82) is 0 Å².